The van der Waals surface area contributed by atoms with Gasteiger partial charge in [-0.1, -0.05) is 11.6 Å². The van der Waals surface area contributed by atoms with Gasteiger partial charge in [0, 0.05) is 31.6 Å². The van der Waals surface area contributed by atoms with Gasteiger partial charge in [0.2, 0.25) is 21.8 Å². The van der Waals surface area contributed by atoms with Crippen LogP contribution in [0.25, 0.3) is 5.57 Å². The van der Waals surface area contributed by atoms with Gasteiger partial charge in [0.15, 0.2) is 0 Å². The first kappa shape index (κ1) is 24.1. The first-order chi connectivity index (χ1) is 14.7. The minimum absolute atomic E-state index is 0.0412. The molecule has 2 amide bonds. The van der Waals surface area contributed by atoms with E-state index in [-0.39, 0.29) is 25.5 Å². The molecule has 2 fully saturated rings. The maximum absolute atomic E-state index is 13.0. The number of amides is 2. The standard InChI is InChI=1S/C19H26ClN3O6S2/c1-13(16-3-4-17(20)30-16)12-31(26,27)21-14-5-6-23(18(14)24)15(11-28-2)19(25)22-7-9-29-10-8-22/h3-4,12,14-15,21H,5-11H2,1-2H3/t14-,15-/m0/s1. The second-order valence-corrected chi connectivity index (χ2v) is 10.6. The normalized spacial score (nSPS) is 21.6. The van der Waals surface area contributed by atoms with Crippen LogP contribution in [0, 0.1) is 0 Å². The number of sulfonamides is 1. The molecule has 0 spiro atoms. The van der Waals surface area contributed by atoms with Gasteiger partial charge in [-0.2, -0.15) is 4.72 Å². The zero-order valence-electron chi connectivity index (χ0n) is 17.4. The summed E-state index contributed by atoms with van der Waals surface area (Å²) in [6.07, 6.45) is 0.270. The van der Waals surface area contributed by atoms with E-state index in [0.717, 1.165) is 10.3 Å². The van der Waals surface area contributed by atoms with Crippen LogP contribution in [0.3, 0.4) is 0 Å². The third-order valence-corrected chi connectivity index (χ3v) is 7.79. The number of methoxy groups -OCH3 is 1. The van der Waals surface area contributed by atoms with E-state index in [1.165, 1.54) is 23.3 Å². The number of morpholine rings is 1. The Hall–Kier alpha value is -1.50. The highest BCUT2D eigenvalue weighted by atomic mass is 35.5. The molecule has 0 saturated carbocycles. The molecule has 1 aromatic rings. The van der Waals surface area contributed by atoms with Crippen molar-refractivity contribution >= 4 is 50.3 Å². The number of rotatable bonds is 8. The summed E-state index contributed by atoms with van der Waals surface area (Å²) in [5.41, 5.74) is 0.520. The first-order valence-electron chi connectivity index (χ1n) is 9.84. The molecule has 12 heteroatoms. The van der Waals surface area contributed by atoms with Gasteiger partial charge < -0.3 is 19.3 Å². The first-order valence-corrected chi connectivity index (χ1v) is 12.6. The smallest absolute Gasteiger partial charge is 0.247 e. The van der Waals surface area contributed by atoms with Crippen molar-refractivity contribution in [2.45, 2.75) is 25.4 Å². The fraction of sp³-hybridized carbons (Fsp3) is 0.579. The summed E-state index contributed by atoms with van der Waals surface area (Å²) in [5.74, 6) is -0.648. The topological polar surface area (TPSA) is 105 Å². The van der Waals surface area contributed by atoms with Crippen LogP contribution >= 0.6 is 22.9 Å². The van der Waals surface area contributed by atoms with E-state index in [1.54, 1.807) is 24.0 Å². The van der Waals surface area contributed by atoms with Crippen molar-refractivity contribution in [3.63, 3.8) is 0 Å². The highest BCUT2D eigenvalue weighted by Gasteiger charge is 2.41. The molecule has 0 bridgehead atoms. The van der Waals surface area contributed by atoms with Crippen LogP contribution in [-0.4, -0.2) is 88.7 Å². The second-order valence-electron chi connectivity index (χ2n) is 7.35. The summed E-state index contributed by atoms with van der Waals surface area (Å²) in [6, 6.07) is 1.70. The third-order valence-electron chi connectivity index (χ3n) is 5.15. The number of hydrogen-bond donors (Lipinski definition) is 1. The van der Waals surface area contributed by atoms with Gasteiger partial charge in [0.1, 0.15) is 12.1 Å². The molecule has 1 N–H and O–H groups in total. The lowest BCUT2D eigenvalue weighted by Gasteiger charge is -2.34. The molecule has 2 aliphatic heterocycles. The molecule has 3 rings (SSSR count). The molecule has 3 heterocycles. The number of thiophene rings is 1. The van der Waals surface area contributed by atoms with E-state index in [2.05, 4.69) is 4.72 Å². The number of halogens is 1. The number of likely N-dealkylation sites (tertiary alicyclic amines) is 1. The van der Waals surface area contributed by atoms with Gasteiger partial charge in [-0.15, -0.1) is 11.3 Å². The Kier molecular flexibility index (Phi) is 8.11. The number of nitrogens with zero attached hydrogens (tertiary/aromatic N) is 2. The van der Waals surface area contributed by atoms with Crippen LogP contribution in [0.1, 0.15) is 18.2 Å². The molecular formula is C19H26ClN3O6S2. The highest BCUT2D eigenvalue weighted by molar-refractivity contribution is 7.92. The third kappa shape index (κ3) is 6.05. The molecule has 2 aliphatic rings. The largest absolute Gasteiger partial charge is 0.382 e. The molecule has 0 aliphatic carbocycles. The molecule has 31 heavy (non-hydrogen) atoms. The number of allylic oxidation sites excluding steroid dienone is 1. The van der Waals surface area contributed by atoms with E-state index in [0.29, 0.717) is 36.2 Å². The maximum atomic E-state index is 13.0. The summed E-state index contributed by atoms with van der Waals surface area (Å²) in [7, 11) is -2.41. The van der Waals surface area contributed by atoms with Gasteiger partial charge in [-0.25, -0.2) is 8.42 Å². The average molecular weight is 492 g/mol. The Labute approximate surface area is 191 Å². The molecule has 9 nitrogen and oxygen atoms in total. The monoisotopic (exact) mass is 491 g/mol. The predicted octanol–water partition coefficient (Wildman–Crippen LogP) is 1.16. The van der Waals surface area contributed by atoms with Gasteiger partial charge >= 0.3 is 0 Å². The number of ether oxygens (including phenoxy) is 2. The summed E-state index contributed by atoms with van der Waals surface area (Å²) in [4.78, 5) is 29.7. The fourth-order valence-electron chi connectivity index (χ4n) is 3.62. The van der Waals surface area contributed by atoms with Crippen molar-refractivity contribution in [3.8, 4) is 0 Å². The second kappa shape index (κ2) is 10.4. The van der Waals surface area contributed by atoms with Crippen LogP contribution in [0.2, 0.25) is 4.34 Å². The molecule has 2 saturated heterocycles. The zero-order chi connectivity index (χ0) is 22.6. The Bertz CT molecular complexity index is 942. The van der Waals surface area contributed by atoms with Crippen LogP contribution < -0.4 is 4.72 Å². The molecule has 0 aromatic carbocycles. The minimum Gasteiger partial charge on any atom is -0.382 e. The van der Waals surface area contributed by atoms with Crippen LogP contribution in [0.4, 0.5) is 0 Å². The lowest BCUT2D eigenvalue weighted by atomic mass is 10.2. The molecule has 0 radical (unpaired) electrons. The van der Waals surface area contributed by atoms with Gasteiger partial charge in [-0.05, 0) is 31.1 Å². The van der Waals surface area contributed by atoms with Gasteiger partial charge in [0.25, 0.3) is 0 Å². The van der Waals surface area contributed by atoms with Crippen molar-refractivity contribution in [2.24, 2.45) is 0 Å². The van der Waals surface area contributed by atoms with Crippen LogP contribution in [0.5, 0.6) is 0 Å². The highest BCUT2D eigenvalue weighted by Crippen LogP contribution is 2.28. The van der Waals surface area contributed by atoms with Crippen molar-refractivity contribution in [2.75, 3.05) is 46.6 Å². The van der Waals surface area contributed by atoms with E-state index in [4.69, 9.17) is 21.1 Å². The van der Waals surface area contributed by atoms with Gasteiger partial charge in [-0.3, -0.25) is 9.59 Å². The molecule has 2 atom stereocenters. The van der Waals surface area contributed by atoms with E-state index in [9.17, 15) is 18.0 Å². The fourth-order valence-corrected chi connectivity index (χ4v) is 5.98. The van der Waals surface area contributed by atoms with E-state index < -0.39 is 28.0 Å². The quantitative estimate of drug-likeness (QED) is 0.585. The summed E-state index contributed by atoms with van der Waals surface area (Å²) < 4.78 is 38.7. The summed E-state index contributed by atoms with van der Waals surface area (Å²) >= 11 is 7.18. The molecule has 172 valence electrons. The number of hydrogen-bond acceptors (Lipinski definition) is 7. The SMILES string of the molecule is COC[C@@H](C(=O)N1CCOCC1)N1CC[C@H](NS(=O)(=O)C=C(C)c2ccc(Cl)s2)C1=O. The Balaban J connectivity index is 1.69. The van der Waals surface area contributed by atoms with Crippen molar-refractivity contribution in [3.05, 3.63) is 26.8 Å². The molecule has 1 aromatic heterocycles. The summed E-state index contributed by atoms with van der Waals surface area (Å²) in [5, 5.41) is 1.09. The van der Waals surface area contributed by atoms with Crippen molar-refractivity contribution < 1.29 is 27.5 Å². The lowest BCUT2D eigenvalue weighted by molar-refractivity contribution is -0.148. The van der Waals surface area contributed by atoms with E-state index in [1.807, 2.05) is 0 Å². The number of nitrogens with one attached hydrogen (secondary N) is 1. The average Bonchev–Trinajstić information content (AvgIpc) is 3.32. The number of carbonyl (C=O) groups excluding carboxylic acids is 2. The van der Waals surface area contributed by atoms with E-state index >= 15 is 0 Å². The zero-order valence-corrected chi connectivity index (χ0v) is 19.8. The summed E-state index contributed by atoms with van der Waals surface area (Å²) in [6.45, 7) is 3.77. The Morgan fingerprint density at radius 2 is 2.10 bits per heavy atom. The molecular weight excluding hydrogens is 466 g/mol. The van der Waals surface area contributed by atoms with Gasteiger partial charge in [0.05, 0.1) is 29.6 Å². The number of carbonyl (C=O) groups is 2. The van der Waals surface area contributed by atoms with Crippen LogP contribution in [-0.2, 0) is 29.1 Å². The minimum atomic E-state index is -3.88. The van der Waals surface area contributed by atoms with Crippen LogP contribution in [0.15, 0.2) is 17.5 Å². The Morgan fingerprint density at radius 1 is 1.39 bits per heavy atom. The lowest BCUT2D eigenvalue weighted by Crippen LogP contribution is -2.55. The predicted molar refractivity (Wildman–Crippen MR) is 118 cm³/mol. The molecule has 0 unspecified atom stereocenters. The Morgan fingerprint density at radius 3 is 2.71 bits per heavy atom. The van der Waals surface area contributed by atoms with Crippen molar-refractivity contribution in [1.82, 2.24) is 14.5 Å². The maximum Gasteiger partial charge on any atom is 0.247 e. The van der Waals surface area contributed by atoms with Crippen molar-refractivity contribution in [1.29, 1.82) is 0 Å².